The number of halogens is 6. The lowest BCUT2D eigenvalue weighted by Crippen LogP contribution is -2.48. The van der Waals surface area contributed by atoms with Crippen LogP contribution in [-0.4, -0.2) is 47.3 Å². The zero-order chi connectivity index (χ0) is 25.1. The average Bonchev–Trinajstić information content (AvgIpc) is 2.79. The first-order chi connectivity index (χ1) is 16.0. The van der Waals surface area contributed by atoms with Gasteiger partial charge in [-0.05, 0) is 17.7 Å². The minimum absolute atomic E-state index is 0.0451. The molecular weight excluding hydrogens is 470 g/mol. The van der Waals surface area contributed by atoms with E-state index >= 15 is 0 Å². The fraction of sp³-hybridized carbons (Fsp3) is 0.333. The van der Waals surface area contributed by atoms with Gasteiger partial charge in [0.15, 0.2) is 30.1 Å². The number of ether oxygens (including phenoxy) is 2. The van der Waals surface area contributed by atoms with Crippen molar-refractivity contribution in [3.8, 4) is 18.2 Å². The quantitative estimate of drug-likeness (QED) is 0.367. The summed E-state index contributed by atoms with van der Waals surface area (Å²) in [5, 5.41) is 0. The molecule has 13 heteroatoms. The number of rotatable bonds is 7. The molecule has 0 spiro atoms. The number of Topliss-reactive ketones (excluding diaryl/α,β-unsaturated/α-hetero) is 1. The van der Waals surface area contributed by atoms with Crippen molar-refractivity contribution in [2.75, 3.05) is 13.3 Å². The minimum atomic E-state index is -4.97. The van der Waals surface area contributed by atoms with Crippen LogP contribution < -0.4 is 10.5 Å². The van der Waals surface area contributed by atoms with Gasteiger partial charge in [-0.2, -0.15) is 13.2 Å². The number of nitrogens with zero attached hydrogens (tertiary/aromatic N) is 3. The van der Waals surface area contributed by atoms with E-state index in [9.17, 15) is 31.1 Å². The van der Waals surface area contributed by atoms with Crippen LogP contribution in [0.4, 0.5) is 26.3 Å². The summed E-state index contributed by atoms with van der Waals surface area (Å²) < 4.78 is 92.2. The van der Waals surface area contributed by atoms with E-state index < -0.39 is 66.3 Å². The third-order valence-electron chi connectivity index (χ3n) is 4.87. The van der Waals surface area contributed by atoms with Gasteiger partial charge in [-0.25, -0.2) is 28.1 Å². The Balaban J connectivity index is 1.93. The highest BCUT2D eigenvalue weighted by Crippen LogP contribution is 2.42. The van der Waals surface area contributed by atoms with Gasteiger partial charge in [-0.1, -0.05) is 5.92 Å². The lowest BCUT2D eigenvalue weighted by molar-refractivity contribution is -0.209. The van der Waals surface area contributed by atoms with E-state index in [2.05, 4.69) is 25.6 Å². The summed E-state index contributed by atoms with van der Waals surface area (Å²) in [7, 11) is 0. The largest absolute Gasteiger partial charge is 0.463 e. The number of aliphatic imine (C=N–C) groups is 1. The van der Waals surface area contributed by atoms with Crippen molar-refractivity contribution >= 4 is 11.8 Å². The van der Waals surface area contributed by atoms with E-state index in [1.807, 2.05) is 0 Å². The Morgan fingerprint density at radius 2 is 2.03 bits per heavy atom. The molecule has 1 aromatic heterocycles. The fourth-order valence-electron chi connectivity index (χ4n) is 3.30. The van der Waals surface area contributed by atoms with Crippen molar-refractivity contribution in [3.63, 3.8) is 0 Å². The molecule has 0 radical (unpaired) electrons. The Kier molecular flexibility index (Phi) is 6.99. The summed E-state index contributed by atoms with van der Waals surface area (Å²) in [5.74, 6) is -1.57. The van der Waals surface area contributed by atoms with Crippen LogP contribution >= 0.6 is 0 Å². The first kappa shape index (κ1) is 24.8. The summed E-state index contributed by atoms with van der Waals surface area (Å²) in [6, 6.07) is 0.493. The molecule has 0 aliphatic carbocycles. The van der Waals surface area contributed by atoms with E-state index in [0.29, 0.717) is 6.07 Å². The van der Waals surface area contributed by atoms with Crippen LogP contribution in [0.25, 0.3) is 0 Å². The molecular formula is C21H16F6N4O3. The summed E-state index contributed by atoms with van der Waals surface area (Å²) in [6.45, 7) is -1.72. The van der Waals surface area contributed by atoms with Gasteiger partial charge >= 0.3 is 6.18 Å². The first-order valence-corrected chi connectivity index (χ1v) is 9.53. The van der Waals surface area contributed by atoms with Crippen LogP contribution in [-0.2, 0) is 16.7 Å². The molecule has 2 heterocycles. The molecule has 2 N–H and O–H groups in total. The van der Waals surface area contributed by atoms with Crippen molar-refractivity contribution < 1.29 is 40.6 Å². The summed E-state index contributed by atoms with van der Waals surface area (Å²) in [4.78, 5) is 23.7. The molecule has 1 aliphatic heterocycles. The van der Waals surface area contributed by atoms with E-state index in [4.69, 9.17) is 16.9 Å². The summed E-state index contributed by atoms with van der Waals surface area (Å²) >= 11 is 0. The second-order valence-corrected chi connectivity index (χ2v) is 7.24. The molecule has 180 valence electrons. The number of ketones is 1. The molecule has 3 rings (SSSR count). The van der Waals surface area contributed by atoms with Crippen LogP contribution in [0.1, 0.15) is 28.0 Å². The number of nitrogens with two attached hydrogens (primary N) is 1. The van der Waals surface area contributed by atoms with Crippen molar-refractivity contribution in [1.82, 2.24) is 9.97 Å². The fourth-order valence-corrected chi connectivity index (χ4v) is 3.30. The number of amidine groups is 1. The van der Waals surface area contributed by atoms with Crippen LogP contribution in [0.2, 0.25) is 0 Å². The van der Waals surface area contributed by atoms with Gasteiger partial charge in [0.2, 0.25) is 5.88 Å². The number of terminal acetylenes is 1. The smallest absolute Gasteiger partial charge is 0.425 e. The number of hydrogen-bond acceptors (Lipinski definition) is 7. The van der Waals surface area contributed by atoms with Crippen LogP contribution in [0, 0.1) is 24.0 Å². The third kappa shape index (κ3) is 5.22. The van der Waals surface area contributed by atoms with Crippen molar-refractivity contribution in [1.29, 1.82) is 0 Å². The molecule has 1 aromatic carbocycles. The zero-order valence-corrected chi connectivity index (χ0v) is 17.2. The van der Waals surface area contributed by atoms with E-state index in [0.717, 1.165) is 18.5 Å². The van der Waals surface area contributed by atoms with E-state index in [1.165, 1.54) is 0 Å². The number of hydrogen-bond donors (Lipinski definition) is 1. The molecule has 2 atom stereocenters. The van der Waals surface area contributed by atoms with Gasteiger partial charge in [-0.3, -0.25) is 4.79 Å². The Bertz CT molecular complexity index is 1150. The predicted octanol–water partition coefficient (Wildman–Crippen LogP) is 3.02. The van der Waals surface area contributed by atoms with Crippen LogP contribution in [0.3, 0.4) is 0 Å². The lowest BCUT2D eigenvalue weighted by atomic mass is 9.83. The lowest BCUT2D eigenvalue weighted by Gasteiger charge is -2.36. The van der Waals surface area contributed by atoms with Crippen LogP contribution in [0.15, 0.2) is 29.5 Å². The molecule has 0 amide bonds. The molecule has 7 nitrogen and oxygen atoms in total. The molecule has 0 saturated carbocycles. The minimum Gasteiger partial charge on any atom is -0.463 e. The van der Waals surface area contributed by atoms with Gasteiger partial charge in [0.05, 0.1) is 12.4 Å². The third-order valence-corrected chi connectivity index (χ3v) is 4.87. The van der Waals surface area contributed by atoms with Crippen LogP contribution in [0.5, 0.6) is 5.88 Å². The first-order valence-electron chi connectivity index (χ1n) is 9.53. The molecule has 0 bridgehead atoms. The normalized spacial score (nSPS) is 20.1. The molecule has 0 fully saturated rings. The van der Waals surface area contributed by atoms with Gasteiger partial charge in [0.1, 0.15) is 17.9 Å². The van der Waals surface area contributed by atoms with Gasteiger partial charge in [0.25, 0.3) is 6.02 Å². The molecule has 34 heavy (non-hydrogen) atoms. The number of aromatic nitrogens is 2. The SMILES string of the molecule is C#CCOc1cnc(C(=O)Cc2cc(F)c(F)c([C@]3(CF)C[C@@H](C(F)(F)F)OC(N)=N3)c2)cn1. The second kappa shape index (κ2) is 9.58. The highest BCUT2D eigenvalue weighted by Gasteiger charge is 2.52. The monoisotopic (exact) mass is 486 g/mol. The highest BCUT2D eigenvalue weighted by molar-refractivity contribution is 5.95. The van der Waals surface area contributed by atoms with Gasteiger partial charge in [-0.15, -0.1) is 6.42 Å². The Labute approximate surface area is 189 Å². The summed E-state index contributed by atoms with van der Waals surface area (Å²) in [6.07, 6.45) is -2.08. The molecule has 2 aromatic rings. The maximum Gasteiger partial charge on any atom is 0.425 e. The maximum atomic E-state index is 14.6. The summed E-state index contributed by atoms with van der Waals surface area (Å²) in [5.41, 5.74) is 1.62. The molecule has 0 unspecified atom stereocenters. The van der Waals surface area contributed by atoms with E-state index in [1.54, 1.807) is 0 Å². The zero-order valence-electron chi connectivity index (χ0n) is 17.2. The number of benzene rings is 1. The second-order valence-electron chi connectivity index (χ2n) is 7.24. The van der Waals surface area contributed by atoms with Crippen molar-refractivity contribution in [3.05, 3.63) is 53.0 Å². The molecule has 0 saturated heterocycles. The van der Waals surface area contributed by atoms with Crippen molar-refractivity contribution in [2.45, 2.75) is 30.7 Å². The van der Waals surface area contributed by atoms with E-state index in [-0.39, 0.29) is 23.7 Å². The standard InChI is InChI=1S/C21H16F6N4O3/c1-2-3-33-17-9-29-14(8-30-17)15(32)6-11-4-12(18(24)13(23)5-11)20(10-22)7-16(21(25,26)27)34-19(28)31-20/h1,4-5,8-9,16H,3,6-7,10H2,(H2,28,31)/t16-,20+/m0/s1. The topological polar surface area (TPSA) is 99.7 Å². The highest BCUT2D eigenvalue weighted by atomic mass is 19.4. The molecule has 1 aliphatic rings. The number of carbonyl (C=O) groups excluding carboxylic acids is 1. The Morgan fingerprint density at radius 1 is 1.29 bits per heavy atom. The van der Waals surface area contributed by atoms with Gasteiger partial charge in [0, 0.05) is 18.4 Å². The predicted molar refractivity (Wildman–Crippen MR) is 106 cm³/mol. The maximum absolute atomic E-state index is 14.6. The number of alkyl halides is 4. The van der Waals surface area contributed by atoms with Crippen molar-refractivity contribution in [2.24, 2.45) is 10.7 Å². The van der Waals surface area contributed by atoms with Gasteiger partial charge < -0.3 is 15.2 Å². The Morgan fingerprint density at radius 3 is 2.62 bits per heavy atom. The average molecular weight is 486 g/mol. The Hall–Kier alpha value is -3.82. The number of carbonyl (C=O) groups is 1.